The van der Waals surface area contributed by atoms with Crippen molar-refractivity contribution in [2.75, 3.05) is 11.3 Å². The number of sulfonamides is 1. The monoisotopic (exact) mass is 485 g/mol. The number of carbonyl (C=O) groups is 1. The largest absolute Gasteiger partial charge is 0.350 e. The number of halogens is 1. The number of rotatable bonds is 5. The lowest BCUT2D eigenvalue weighted by Gasteiger charge is -2.46. The molecule has 0 radical (unpaired) electrons. The second-order valence-corrected chi connectivity index (χ2v) is 11.8. The topological polar surface area (TPSA) is 71.4 Å². The van der Waals surface area contributed by atoms with Crippen molar-refractivity contribution in [1.29, 1.82) is 0 Å². The van der Waals surface area contributed by atoms with Gasteiger partial charge in [0.25, 0.3) is 10.0 Å². The number of amides is 1. The molecule has 0 saturated carbocycles. The van der Waals surface area contributed by atoms with Crippen LogP contribution < -0.4 is 4.72 Å². The summed E-state index contributed by atoms with van der Waals surface area (Å²) < 4.78 is 43.5. The summed E-state index contributed by atoms with van der Waals surface area (Å²) in [5.41, 5.74) is 2.35. The van der Waals surface area contributed by atoms with Crippen molar-refractivity contribution in [3.8, 4) is 0 Å². The smallest absolute Gasteiger partial charge is 0.261 e. The van der Waals surface area contributed by atoms with Crippen molar-refractivity contribution in [2.45, 2.75) is 56.9 Å². The number of anilines is 1. The Balaban J connectivity index is 1.64. The molecule has 2 heterocycles. The number of carbonyl (C=O) groups excluding carboxylic acids is 1. The van der Waals surface area contributed by atoms with Crippen molar-refractivity contribution in [1.82, 2.24) is 9.47 Å². The van der Waals surface area contributed by atoms with Crippen LogP contribution in [-0.4, -0.2) is 35.9 Å². The van der Waals surface area contributed by atoms with Gasteiger partial charge in [0.05, 0.1) is 4.90 Å². The van der Waals surface area contributed by atoms with Crippen molar-refractivity contribution in [3.63, 3.8) is 0 Å². The lowest BCUT2D eigenvalue weighted by atomic mass is 9.78. The number of benzene rings is 2. The second kappa shape index (κ2) is 8.73. The van der Waals surface area contributed by atoms with E-state index in [2.05, 4.69) is 29.3 Å². The number of hydrogen-bond acceptors (Lipinski definition) is 3. The van der Waals surface area contributed by atoms with Crippen LogP contribution in [0.1, 0.15) is 52.0 Å². The number of aryl methyl sites for hydroxylation is 1. The van der Waals surface area contributed by atoms with Gasteiger partial charge in [-0.25, -0.2) is 12.8 Å². The van der Waals surface area contributed by atoms with E-state index >= 15 is 0 Å². The Kier molecular flexibility index (Phi) is 6.23. The predicted octanol–water partition coefficient (Wildman–Crippen LogP) is 5.26. The van der Waals surface area contributed by atoms with Crippen LogP contribution in [0.25, 0.3) is 10.9 Å². The minimum Gasteiger partial charge on any atom is -0.350 e. The number of likely N-dealkylation sites (tertiary alicyclic amines) is 1. The van der Waals surface area contributed by atoms with Crippen LogP contribution in [-0.2, 0) is 21.9 Å². The number of piperidine rings is 1. The molecule has 4 rings (SSSR count). The summed E-state index contributed by atoms with van der Waals surface area (Å²) in [6.07, 6.45) is 3.80. The van der Waals surface area contributed by atoms with Gasteiger partial charge in [-0.05, 0) is 80.6 Å². The Morgan fingerprint density at radius 1 is 1.15 bits per heavy atom. The molecule has 0 spiro atoms. The van der Waals surface area contributed by atoms with E-state index < -0.39 is 15.8 Å². The van der Waals surface area contributed by atoms with Gasteiger partial charge in [-0.1, -0.05) is 13.8 Å². The molecular formula is C26H32FN3O3S. The molecule has 0 bridgehead atoms. The first-order chi connectivity index (χ1) is 15.9. The average Bonchev–Trinajstić information content (AvgIpc) is 3.08. The van der Waals surface area contributed by atoms with Gasteiger partial charge in [-0.3, -0.25) is 9.52 Å². The van der Waals surface area contributed by atoms with E-state index in [0.29, 0.717) is 12.2 Å². The normalized spacial score (nSPS) is 18.4. The third-order valence-corrected chi connectivity index (χ3v) is 8.17. The molecule has 1 aliphatic rings. The van der Waals surface area contributed by atoms with Crippen LogP contribution >= 0.6 is 0 Å². The van der Waals surface area contributed by atoms with E-state index in [9.17, 15) is 17.6 Å². The molecule has 34 heavy (non-hydrogen) atoms. The summed E-state index contributed by atoms with van der Waals surface area (Å²) in [6, 6.07) is 10.3. The zero-order valence-corrected chi connectivity index (χ0v) is 21.1. The molecule has 3 aromatic rings. The number of fused-ring (bicyclic) bond motifs is 1. The minimum atomic E-state index is -3.84. The molecule has 8 heteroatoms. The van der Waals surface area contributed by atoms with Gasteiger partial charge in [-0.2, -0.15) is 0 Å². The standard InChI is InChI=1S/C26H32FN3O3S/c1-17(2)25(31)30-13-12-18(15-26(30,3)4)23-16-29(5)24-11-8-20(14-22(23)24)28-34(32,33)21-9-6-19(27)7-10-21/h6-11,14,16-18,28H,12-13,15H2,1-5H3. The zero-order valence-electron chi connectivity index (χ0n) is 20.3. The van der Waals surface area contributed by atoms with Gasteiger partial charge in [0.1, 0.15) is 5.82 Å². The van der Waals surface area contributed by atoms with E-state index in [1.165, 1.54) is 12.1 Å². The molecule has 1 saturated heterocycles. The number of nitrogens with one attached hydrogen (secondary N) is 1. The molecular weight excluding hydrogens is 453 g/mol. The summed E-state index contributed by atoms with van der Waals surface area (Å²) in [7, 11) is -1.86. The van der Waals surface area contributed by atoms with E-state index in [-0.39, 0.29) is 28.2 Å². The van der Waals surface area contributed by atoms with Gasteiger partial charge in [-0.15, -0.1) is 0 Å². The van der Waals surface area contributed by atoms with E-state index in [1.54, 1.807) is 6.07 Å². The molecule has 2 aromatic carbocycles. The average molecular weight is 486 g/mol. The number of aromatic nitrogens is 1. The van der Waals surface area contributed by atoms with Crippen LogP contribution in [0, 0.1) is 11.7 Å². The third-order valence-electron chi connectivity index (χ3n) is 6.77. The maximum atomic E-state index is 13.2. The minimum absolute atomic E-state index is 0.00576. The molecule has 1 unspecified atom stereocenters. The molecule has 6 nitrogen and oxygen atoms in total. The van der Waals surface area contributed by atoms with E-state index in [0.717, 1.165) is 41.4 Å². The molecule has 1 amide bonds. The van der Waals surface area contributed by atoms with Crippen molar-refractivity contribution in [2.24, 2.45) is 13.0 Å². The first-order valence-electron chi connectivity index (χ1n) is 11.6. The fourth-order valence-corrected chi connectivity index (χ4v) is 6.08. The SMILES string of the molecule is CC(C)C(=O)N1CCC(c2cn(C)c3ccc(NS(=O)(=O)c4ccc(F)cc4)cc23)CC1(C)C. The van der Waals surface area contributed by atoms with Gasteiger partial charge < -0.3 is 9.47 Å². The predicted molar refractivity (Wildman–Crippen MR) is 133 cm³/mol. The quantitative estimate of drug-likeness (QED) is 0.536. The maximum Gasteiger partial charge on any atom is 0.261 e. The van der Waals surface area contributed by atoms with Crippen LogP contribution in [0.3, 0.4) is 0 Å². The Morgan fingerprint density at radius 2 is 1.82 bits per heavy atom. The van der Waals surface area contributed by atoms with Gasteiger partial charge in [0.2, 0.25) is 5.91 Å². The maximum absolute atomic E-state index is 13.2. The van der Waals surface area contributed by atoms with Crippen molar-refractivity contribution in [3.05, 3.63) is 60.0 Å². The molecule has 1 fully saturated rings. The second-order valence-electron chi connectivity index (χ2n) is 10.1. The lowest BCUT2D eigenvalue weighted by Crippen LogP contribution is -2.53. The highest BCUT2D eigenvalue weighted by Crippen LogP contribution is 2.41. The highest BCUT2D eigenvalue weighted by atomic mass is 32.2. The zero-order chi connectivity index (χ0) is 24.8. The molecule has 1 aliphatic heterocycles. The molecule has 1 N–H and O–H groups in total. The van der Waals surface area contributed by atoms with Crippen LogP contribution in [0.4, 0.5) is 10.1 Å². The van der Waals surface area contributed by atoms with E-state index in [1.807, 2.05) is 37.9 Å². The Hall–Kier alpha value is -2.87. The molecule has 1 atom stereocenters. The summed E-state index contributed by atoms with van der Waals surface area (Å²) in [5.74, 6) is -0.0962. The Labute approximate surface area is 200 Å². The lowest BCUT2D eigenvalue weighted by molar-refractivity contribution is -0.142. The highest BCUT2D eigenvalue weighted by molar-refractivity contribution is 7.92. The van der Waals surface area contributed by atoms with Crippen LogP contribution in [0.5, 0.6) is 0 Å². The number of hydrogen-bond donors (Lipinski definition) is 1. The summed E-state index contributed by atoms with van der Waals surface area (Å²) in [4.78, 5) is 14.7. The first-order valence-corrected chi connectivity index (χ1v) is 13.1. The third kappa shape index (κ3) is 4.56. The van der Waals surface area contributed by atoms with Crippen LogP contribution in [0.2, 0.25) is 0 Å². The Morgan fingerprint density at radius 3 is 2.44 bits per heavy atom. The molecule has 0 aliphatic carbocycles. The summed E-state index contributed by atoms with van der Waals surface area (Å²) in [5, 5.41) is 0.992. The van der Waals surface area contributed by atoms with Gasteiger partial charge >= 0.3 is 0 Å². The molecule has 1 aromatic heterocycles. The van der Waals surface area contributed by atoms with Gasteiger partial charge in [0.15, 0.2) is 0 Å². The Bertz CT molecular complexity index is 1330. The van der Waals surface area contributed by atoms with Crippen molar-refractivity contribution >= 4 is 32.5 Å². The molecule has 182 valence electrons. The summed E-state index contributed by atoms with van der Waals surface area (Å²) in [6.45, 7) is 8.80. The number of nitrogens with zero attached hydrogens (tertiary/aromatic N) is 2. The first kappa shape index (κ1) is 24.3. The highest BCUT2D eigenvalue weighted by Gasteiger charge is 2.39. The summed E-state index contributed by atoms with van der Waals surface area (Å²) >= 11 is 0. The van der Waals surface area contributed by atoms with Crippen molar-refractivity contribution < 1.29 is 17.6 Å². The fourth-order valence-electron chi connectivity index (χ4n) is 5.03. The van der Waals surface area contributed by atoms with Crippen LogP contribution in [0.15, 0.2) is 53.6 Å². The van der Waals surface area contributed by atoms with E-state index in [4.69, 9.17) is 0 Å². The fraction of sp³-hybridized carbons (Fsp3) is 0.423. The van der Waals surface area contributed by atoms with Gasteiger partial charge in [0, 0.05) is 47.8 Å².